The summed E-state index contributed by atoms with van der Waals surface area (Å²) >= 11 is 3.45. The number of methoxy groups -OCH3 is 1. The van der Waals surface area contributed by atoms with Gasteiger partial charge < -0.3 is 14.2 Å². The van der Waals surface area contributed by atoms with E-state index < -0.39 is 12.1 Å². The van der Waals surface area contributed by atoms with Gasteiger partial charge in [0.05, 0.1) is 13.3 Å². The molecule has 1 heterocycles. The second-order valence-corrected chi connectivity index (χ2v) is 8.62. The van der Waals surface area contributed by atoms with Crippen molar-refractivity contribution in [3.05, 3.63) is 119 Å². The number of alkyl carbamates (subject to hydrolysis) is 1. The van der Waals surface area contributed by atoms with Crippen molar-refractivity contribution in [2.75, 3.05) is 7.11 Å². The molecule has 0 aliphatic rings. The van der Waals surface area contributed by atoms with E-state index in [1.807, 2.05) is 84.9 Å². The average molecular weight is 559 g/mol. The molecule has 0 fully saturated rings. The van der Waals surface area contributed by atoms with E-state index in [9.17, 15) is 9.59 Å². The minimum Gasteiger partial charge on any atom is -0.464 e. The smallest absolute Gasteiger partial charge is 0.412 e. The summed E-state index contributed by atoms with van der Waals surface area (Å²) in [7, 11) is 1.22. The fourth-order valence-corrected chi connectivity index (χ4v) is 3.82. The van der Waals surface area contributed by atoms with Crippen molar-refractivity contribution in [2.45, 2.75) is 6.61 Å². The molecule has 0 bridgehead atoms. The lowest BCUT2D eigenvalue weighted by molar-refractivity contribution is -0.136. The predicted molar refractivity (Wildman–Crippen MR) is 144 cm³/mol. The number of carbonyl (C=O) groups excluding carboxylic acids is 2. The highest BCUT2D eigenvalue weighted by Crippen LogP contribution is 2.32. The van der Waals surface area contributed by atoms with Crippen LogP contribution in [0.1, 0.15) is 11.1 Å². The second kappa shape index (κ2) is 12.5. The molecular weight excluding hydrogens is 536 g/mol. The molecule has 4 aromatic rings. The SMILES string of the molecule is COC(=O)C(=Cc1c(Br)cncc1Oc1ccc(-c2ccccc2)cc1)NC(=O)OCc1ccccc1. The van der Waals surface area contributed by atoms with Crippen molar-refractivity contribution >= 4 is 34.1 Å². The van der Waals surface area contributed by atoms with Crippen molar-refractivity contribution in [2.24, 2.45) is 0 Å². The Labute approximate surface area is 222 Å². The van der Waals surface area contributed by atoms with Crippen LogP contribution in [0.5, 0.6) is 11.5 Å². The average Bonchev–Trinajstić information content (AvgIpc) is 2.94. The van der Waals surface area contributed by atoms with Gasteiger partial charge in [-0.05, 0) is 50.8 Å². The fraction of sp³-hybridized carbons (Fsp3) is 0.0690. The van der Waals surface area contributed by atoms with Gasteiger partial charge in [0.2, 0.25) is 0 Å². The van der Waals surface area contributed by atoms with E-state index in [1.54, 1.807) is 6.20 Å². The summed E-state index contributed by atoms with van der Waals surface area (Å²) in [6.45, 7) is 0.0490. The molecule has 0 aliphatic heterocycles. The first-order chi connectivity index (χ1) is 18.0. The number of hydrogen-bond donors (Lipinski definition) is 1. The van der Waals surface area contributed by atoms with Crippen LogP contribution in [-0.2, 0) is 20.9 Å². The van der Waals surface area contributed by atoms with Crippen LogP contribution in [0, 0.1) is 0 Å². The number of nitrogens with zero attached hydrogens (tertiary/aromatic N) is 1. The van der Waals surface area contributed by atoms with Crippen LogP contribution in [0.15, 0.2) is 107 Å². The van der Waals surface area contributed by atoms with E-state index in [0.29, 0.717) is 21.5 Å². The number of carbonyl (C=O) groups is 2. The molecular formula is C29H23BrN2O5. The molecule has 1 amide bonds. The third kappa shape index (κ3) is 7.05. The Hall–Kier alpha value is -4.43. The molecule has 0 atom stereocenters. The van der Waals surface area contributed by atoms with Crippen molar-refractivity contribution < 1.29 is 23.8 Å². The summed E-state index contributed by atoms with van der Waals surface area (Å²) in [4.78, 5) is 29.0. The maximum absolute atomic E-state index is 12.4. The fourth-order valence-electron chi connectivity index (χ4n) is 3.39. The predicted octanol–water partition coefficient (Wildman–Crippen LogP) is 6.74. The zero-order valence-electron chi connectivity index (χ0n) is 19.9. The maximum Gasteiger partial charge on any atom is 0.412 e. The minimum absolute atomic E-state index is 0.0490. The standard InChI is InChI=1S/C29H23BrN2O5/c1-35-28(33)26(32-29(34)36-19-20-8-4-2-5-9-20)16-24-25(30)17-31-18-27(24)37-23-14-12-22(13-15-23)21-10-6-3-7-11-21/h2-18H,19H2,1H3,(H,32,34). The lowest BCUT2D eigenvalue weighted by Gasteiger charge is -2.13. The van der Waals surface area contributed by atoms with Crippen LogP contribution in [-0.4, -0.2) is 24.2 Å². The second-order valence-electron chi connectivity index (χ2n) is 7.76. The van der Waals surface area contributed by atoms with Gasteiger partial charge in [-0.2, -0.15) is 0 Å². The molecule has 1 N–H and O–H groups in total. The first kappa shape index (κ1) is 25.7. The topological polar surface area (TPSA) is 86.8 Å². The van der Waals surface area contributed by atoms with Gasteiger partial charge in [-0.25, -0.2) is 9.59 Å². The monoisotopic (exact) mass is 558 g/mol. The molecule has 0 radical (unpaired) electrons. The quantitative estimate of drug-likeness (QED) is 0.190. The van der Waals surface area contributed by atoms with Crippen molar-refractivity contribution in [1.82, 2.24) is 10.3 Å². The molecule has 1 aromatic heterocycles. The molecule has 37 heavy (non-hydrogen) atoms. The Morgan fingerprint density at radius 3 is 2.22 bits per heavy atom. The highest BCUT2D eigenvalue weighted by atomic mass is 79.9. The van der Waals surface area contributed by atoms with E-state index in [1.165, 1.54) is 19.4 Å². The van der Waals surface area contributed by atoms with Gasteiger partial charge in [0, 0.05) is 16.2 Å². The number of halogens is 1. The molecule has 186 valence electrons. The lowest BCUT2D eigenvalue weighted by atomic mass is 10.1. The molecule has 0 saturated carbocycles. The zero-order valence-corrected chi connectivity index (χ0v) is 21.5. The van der Waals surface area contributed by atoms with Crippen LogP contribution >= 0.6 is 15.9 Å². The summed E-state index contributed by atoms with van der Waals surface area (Å²) in [5, 5.41) is 2.46. The number of benzene rings is 3. The van der Waals surface area contributed by atoms with Gasteiger partial charge >= 0.3 is 12.1 Å². The number of nitrogens with one attached hydrogen (secondary N) is 1. The summed E-state index contributed by atoms with van der Waals surface area (Å²) < 4.78 is 16.7. The van der Waals surface area contributed by atoms with Crippen LogP contribution in [0.2, 0.25) is 0 Å². The van der Waals surface area contributed by atoms with Gasteiger partial charge in [-0.15, -0.1) is 0 Å². The Morgan fingerprint density at radius 1 is 0.892 bits per heavy atom. The normalized spacial score (nSPS) is 10.9. The molecule has 3 aromatic carbocycles. The highest BCUT2D eigenvalue weighted by molar-refractivity contribution is 9.10. The summed E-state index contributed by atoms with van der Waals surface area (Å²) in [6, 6.07) is 26.8. The highest BCUT2D eigenvalue weighted by Gasteiger charge is 2.18. The number of pyridine rings is 1. The first-order valence-electron chi connectivity index (χ1n) is 11.3. The van der Waals surface area contributed by atoms with E-state index in [-0.39, 0.29) is 12.3 Å². The molecule has 0 unspecified atom stereocenters. The Morgan fingerprint density at radius 2 is 1.54 bits per heavy atom. The van der Waals surface area contributed by atoms with E-state index >= 15 is 0 Å². The van der Waals surface area contributed by atoms with E-state index in [0.717, 1.165) is 16.7 Å². The van der Waals surface area contributed by atoms with Crippen LogP contribution in [0.4, 0.5) is 4.79 Å². The van der Waals surface area contributed by atoms with Crippen LogP contribution in [0.25, 0.3) is 17.2 Å². The molecule has 0 aliphatic carbocycles. The maximum atomic E-state index is 12.4. The number of hydrogen-bond acceptors (Lipinski definition) is 6. The van der Waals surface area contributed by atoms with Crippen molar-refractivity contribution in [1.29, 1.82) is 0 Å². The van der Waals surface area contributed by atoms with Gasteiger partial charge in [0.1, 0.15) is 18.1 Å². The number of aromatic nitrogens is 1. The van der Waals surface area contributed by atoms with Gasteiger partial charge in [-0.3, -0.25) is 10.3 Å². The van der Waals surface area contributed by atoms with E-state index in [4.69, 9.17) is 14.2 Å². The number of amides is 1. The third-order valence-corrected chi connectivity index (χ3v) is 5.87. The number of rotatable bonds is 8. The van der Waals surface area contributed by atoms with Gasteiger partial charge in [0.15, 0.2) is 5.75 Å². The summed E-state index contributed by atoms with van der Waals surface area (Å²) in [5.41, 5.74) is 3.30. The summed E-state index contributed by atoms with van der Waals surface area (Å²) in [6.07, 6.45) is 3.71. The number of esters is 1. The van der Waals surface area contributed by atoms with E-state index in [2.05, 4.69) is 26.2 Å². The van der Waals surface area contributed by atoms with Crippen LogP contribution < -0.4 is 10.1 Å². The molecule has 7 nitrogen and oxygen atoms in total. The third-order valence-electron chi connectivity index (χ3n) is 5.24. The largest absolute Gasteiger partial charge is 0.464 e. The Balaban J connectivity index is 1.54. The molecule has 0 spiro atoms. The zero-order chi connectivity index (χ0) is 26.0. The van der Waals surface area contributed by atoms with Gasteiger partial charge in [-0.1, -0.05) is 72.8 Å². The van der Waals surface area contributed by atoms with Gasteiger partial charge in [0.25, 0.3) is 0 Å². The lowest BCUT2D eigenvalue weighted by Crippen LogP contribution is -2.28. The first-order valence-corrected chi connectivity index (χ1v) is 12.1. The van der Waals surface area contributed by atoms with Crippen molar-refractivity contribution in [3.8, 4) is 22.6 Å². The summed E-state index contributed by atoms with van der Waals surface area (Å²) in [5.74, 6) is 0.185. The Kier molecular flexibility index (Phi) is 8.67. The Bertz CT molecular complexity index is 1390. The van der Waals surface area contributed by atoms with Crippen molar-refractivity contribution in [3.63, 3.8) is 0 Å². The molecule has 0 saturated heterocycles. The van der Waals surface area contributed by atoms with Crippen LogP contribution in [0.3, 0.4) is 0 Å². The molecule has 4 rings (SSSR count). The molecule has 8 heteroatoms. The minimum atomic E-state index is -0.801. The number of ether oxygens (including phenoxy) is 3.